The summed E-state index contributed by atoms with van der Waals surface area (Å²) >= 11 is 2.95. The predicted octanol–water partition coefficient (Wildman–Crippen LogP) is 5.10. The summed E-state index contributed by atoms with van der Waals surface area (Å²) in [5.41, 5.74) is 7.84. The molecular formula is C36H47N11O3S2. The summed E-state index contributed by atoms with van der Waals surface area (Å²) < 4.78 is 10.5. The number of nitrogens with zero attached hydrogens (tertiary/aromatic N) is 7. The van der Waals surface area contributed by atoms with Gasteiger partial charge >= 0.3 is 0 Å². The molecule has 276 valence electrons. The Balaban J connectivity index is 1.31. The van der Waals surface area contributed by atoms with E-state index in [0.29, 0.717) is 65.4 Å². The number of fused-ring (bicyclic) bond motifs is 2. The van der Waals surface area contributed by atoms with Crippen LogP contribution in [0.5, 0.6) is 5.75 Å². The van der Waals surface area contributed by atoms with E-state index in [-0.39, 0.29) is 5.91 Å². The van der Waals surface area contributed by atoms with Crippen molar-refractivity contribution in [2.75, 3.05) is 75.7 Å². The summed E-state index contributed by atoms with van der Waals surface area (Å²) in [4.78, 5) is 45.8. The van der Waals surface area contributed by atoms with E-state index in [0.717, 1.165) is 77.6 Å². The van der Waals surface area contributed by atoms with Crippen LogP contribution in [-0.4, -0.2) is 106 Å². The van der Waals surface area contributed by atoms with Gasteiger partial charge in [-0.25, -0.2) is 15.0 Å². The number of imidazole rings is 2. The molecule has 0 aliphatic carbocycles. The first-order valence-electron chi connectivity index (χ1n) is 17.4. The number of amides is 1. The first kappa shape index (κ1) is 37.3. The van der Waals surface area contributed by atoms with Gasteiger partial charge in [0.25, 0.3) is 5.91 Å². The normalized spacial score (nSPS) is 14.1. The molecule has 16 heteroatoms. The minimum atomic E-state index is -0.252. The summed E-state index contributed by atoms with van der Waals surface area (Å²) in [6.07, 6.45) is 8.46. The molecule has 1 saturated heterocycles. The summed E-state index contributed by atoms with van der Waals surface area (Å²) in [5.74, 6) is 7.35. The number of hydrogen-bond acceptors (Lipinski definition) is 13. The average molecular weight is 746 g/mol. The quantitative estimate of drug-likeness (QED) is 0.0265. The van der Waals surface area contributed by atoms with Gasteiger partial charge in [0.2, 0.25) is 11.9 Å². The number of carbonyl (C=O) groups is 2. The molecule has 52 heavy (non-hydrogen) atoms. The number of piperazine rings is 1. The molecule has 4 heterocycles. The average Bonchev–Trinajstić information content (AvgIpc) is 3.83. The van der Waals surface area contributed by atoms with E-state index in [1.54, 1.807) is 17.8 Å². The van der Waals surface area contributed by atoms with Crippen LogP contribution in [-0.2, 0) is 19.5 Å². The van der Waals surface area contributed by atoms with E-state index in [2.05, 4.69) is 48.5 Å². The molecule has 6 rings (SSSR count). The Bertz CT molecular complexity index is 2080. The highest BCUT2D eigenvalue weighted by molar-refractivity contribution is 7.98. The smallest absolute Gasteiger partial charge is 0.269 e. The molecule has 14 nitrogen and oxygen atoms in total. The van der Waals surface area contributed by atoms with Crippen LogP contribution >= 0.6 is 23.1 Å². The molecule has 0 spiro atoms. The number of ether oxygens (including phenoxy) is 1. The lowest BCUT2D eigenvalue weighted by Crippen LogP contribution is -2.44. The van der Waals surface area contributed by atoms with Gasteiger partial charge in [-0.05, 0) is 51.3 Å². The van der Waals surface area contributed by atoms with Gasteiger partial charge in [-0.3, -0.25) is 20.7 Å². The predicted molar refractivity (Wildman–Crippen MR) is 211 cm³/mol. The number of aromatic nitrogens is 5. The van der Waals surface area contributed by atoms with Crippen LogP contribution in [0.2, 0.25) is 0 Å². The third-order valence-electron chi connectivity index (χ3n) is 9.17. The Morgan fingerprint density at radius 1 is 1.02 bits per heavy atom. The molecule has 1 fully saturated rings. The van der Waals surface area contributed by atoms with Crippen molar-refractivity contribution >= 4 is 74.9 Å². The van der Waals surface area contributed by atoms with Crippen molar-refractivity contribution in [3.05, 3.63) is 57.6 Å². The van der Waals surface area contributed by atoms with Gasteiger partial charge in [-0.1, -0.05) is 19.1 Å². The van der Waals surface area contributed by atoms with Gasteiger partial charge in [0.1, 0.15) is 22.4 Å². The molecule has 5 N–H and O–H groups in total. The minimum Gasteiger partial charge on any atom is -0.491 e. The van der Waals surface area contributed by atoms with E-state index < -0.39 is 0 Å². The molecule has 1 amide bonds. The second-order valence-electron chi connectivity index (χ2n) is 12.7. The Hall–Kier alpha value is -4.48. The van der Waals surface area contributed by atoms with Crippen LogP contribution in [0.3, 0.4) is 0 Å². The second kappa shape index (κ2) is 16.9. The lowest BCUT2D eigenvalue weighted by atomic mass is 10.2. The maximum atomic E-state index is 13.7. The van der Waals surface area contributed by atoms with E-state index in [4.69, 9.17) is 20.5 Å². The molecule has 2 aromatic carbocycles. The van der Waals surface area contributed by atoms with E-state index in [1.807, 2.05) is 56.0 Å². The first-order valence-corrected chi connectivity index (χ1v) is 19.5. The number of carbonyl (C=O) groups excluding carboxylic acids is 2. The molecule has 0 unspecified atom stereocenters. The molecule has 0 bridgehead atoms. The number of nitrogens with one attached hydrogen (secondary N) is 3. The molecule has 3 aromatic heterocycles. The molecule has 1 aliphatic heterocycles. The van der Waals surface area contributed by atoms with Crippen LogP contribution in [0.15, 0.2) is 41.3 Å². The maximum absolute atomic E-state index is 13.7. The van der Waals surface area contributed by atoms with Crippen LogP contribution in [0, 0.1) is 6.92 Å². The number of benzene rings is 2. The topological polar surface area (TPSA) is 160 Å². The summed E-state index contributed by atoms with van der Waals surface area (Å²) in [7, 11) is 3.99. The highest BCUT2D eigenvalue weighted by Crippen LogP contribution is 2.34. The van der Waals surface area contributed by atoms with Crippen molar-refractivity contribution in [1.29, 1.82) is 0 Å². The zero-order valence-corrected chi connectivity index (χ0v) is 32.0. The van der Waals surface area contributed by atoms with Gasteiger partial charge in [0, 0.05) is 69.4 Å². The van der Waals surface area contributed by atoms with E-state index in [1.165, 1.54) is 11.3 Å². The zero-order valence-electron chi connectivity index (χ0n) is 30.4. The number of aryl methyl sites for hydroxylation is 2. The van der Waals surface area contributed by atoms with Crippen LogP contribution in [0.25, 0.3) is 22.1 Å². The van der Waals surface area contributed by atoms with Crippen molar-refractivity contribution in [2.24, 2.45) is 5.84 Å². The standard InChI is InChI=1S/C36H47N11O3S2/c1-6-26-33(52-23(2)39-26)34(49)42-36-41-28-20-25(43-37)21-29(50-17-9-10-45-15-13-44(4)14-16-45)31(28)46(36)11-7-8-12-47-32-27(40-35(47)38-3)18-24(22-48)19-30(32)51-5/h7-8,18-22,43H,6,9-17,37H2,1-5H3,(H,38,40)(H,41,42,49)/b8-7+. The third kappa shape index (κ3) is 8.10. The Labute approximate surface area is 311 Å². The minimum absolute atomic E-state index is 0.252. The molecule has 5 aromatic rings. The van der Waals surface area contributed by atoms with E-state index in [9.17, 15) is 9.59 Å². The van der Waals surface area contributed by atoms with Crippen molar-refractivity contribution in [3.63, 3.8) is 0 Å². The van der Waals surface area contributed by atoms with Gasteiger partial charge in [-0.2, -0.15) is 0 Å². The molecular weight excluding hydrogens is 699 g/mol. The number of nitrogen functional groups attached to an aromatic ring is 1. The number of hydrazine groups is 1. The largest absolute Gasteiger partial charge is 0.491 e. The Kier molecular flexibility index (Phi) is 12.1. The number of nitrogens with two attached hydrogens (primary N) is 1. The van der Waals surface area contributed by atoms with Crippen molar-refractivity contribution in [2.45, 2.75) is 44.7 Å². The number of hydrogen-bond donors (Lipinski definition) is 4. The third-order valence-corrected chi connectivity index (χ3v) is 10.9. The second-order valence-corrected chi connectivity index (χ2v) is 14.7. The SMILES string of the molecule is CCc1nc(C)sc1C(=O)Nc1nc2cc(NN)cc(OCCCN3CCN(C)CC3)c2n1C/C=C/Cn1c(NC)nc2cc(C=O)cc(SC)c21. The fourth-order valence-electron chi connectivity index (χ4n) is 6.49. The summed E-state index contributed by atoms with van der Waals surface area (Å²) in [5, 5.41) is 7.11. The number of anilines is 3. The van der Waals surface area contributed by atoms with Crippen LogP contribution in [0.4, 0.5) is 17.6 Å². The van der Waals surface area contributed by atoms with Gasteiger partial charge < -0.3 is 34.4 Å². The number of thiazole rings is 1. The molecule has 1 aliphatic rings. The lowest BCUT2D eigenvalue weighted by Gasteiger charge is -2.32. The van der Waals surface area contributed by atoms with E-state index >= 15 is 0 Å². The number of thioether (sulfide) groups is 1. The molecule has 0 radical (unpaired) electrons. The fourth-order valence-corrected chi connectivity index (χ4v) is 8.05. The fraction of sp³-hybridized carbons (Fsp3) is 0.417. The van der Waals surface area contributed by atoms with Crippen molar-refractivity contribution < 1.29 is 14.3 Å². The highest BCUT2D eigenvalue weighted by Gasteiger charge is 2.22. The Morgan fingerprint density at radius 2 is 1.73 bits per heavy atom. The monoisotopic (exact) mass is 745 g/mol. The molecule has 0 saturated carbocycles. The maximum Gasteiger partial charge on any atom is 0.269 e. The van der Waals surface area contributed by atoms with Gasteiger partial charge in [-0.15, -0.1) is 23.1 Å². The van der Waals surface area contributed by atoms with Crippen molar-refractivity contribution in [3.8, 4) is 5.75 Å². The summed E-state index contributed by atoms with van der Waals surface area (Å²) in [6.45, 7) is 10.5. The van der Waals surface area contributed by atoms with Gasteiger partial charge in [0.15, 0.2) is 0 Å². The van der Waals surface area contributed by atoms with Crippen molar-refractivity contribution in [1.82, 2.24) is 33.9 Å². The lowest BCUT2D eigenvalue weighted by molar-refractivity contribution is 0.102. The number of allylic oxidation sites excluding steroid dienone is 2. The molecule has 0 atom stereocenters. The van der Waals surface area contributed by atoms with Crippen LogP contribution < -0.4 is 26.6 Å². The highest BCUT2D eigenvalue weighted by atomic mass is 32.2. The summed E-state index contributed by atoms with van der Waals surface area (Å²) in [6, 6.07) is 7.42. The van der Waals surface area contributed by atoms with Gasteiger partial charge in [0.05, 0.1) is 39.5 Å². The first-order chi connectivity index (χ1) is 25.3. The number of aldehydes is 1. The Morgan fingerprint density at radius 3 is 2.40 bits per heavy atom. The zero-order chi connectivity index (χ0) is 36.8. The number of likely N-dealkylation sites (N-methyl/N-ethyl adjacent to an activating group) is 1. The number of rotatable bonds is 16. The van der Waals surface area contributed by atoms with Crippen LogP contribution in [0.1, 0.15) is 44.1 Å².